The van der Waals surface area contributed by atoms with E-state index in [0.29, 0.717) is 24.2 Å². The molecule has 3 heterocycles. The number of rotatable bonds is 4. The van der Waals surface area contributed by atoms with Crippen molar-refractivity contribution in [3.05, 3.63) is 47.3 Å². The maximum Gasteiger partial charge on any atom is 0.268 e. The van der Waals surface area contributed by atoms with Crippen LogP contribution in [0, 0.1) is 6.92 Å². The van der Waals surface area contributed by atoms with E-state index in [9.17, 15) is 0 Å². The molecule has 5 nitrogen and oxygen atoms in total. The number of nitrogens with zero attached hydrogens (tertiary/aromatic N) is 3. The summed E-state index contributed by atoms with van der Waals surface area (Å²) in [5.74, 6) is 1.52. The summed E-state index contributed by atoms with van der Waals surface area (Å²) in [6.45, 7) is 4.49. The highest BCUT2D eigenvalue weighted by atomic mass is 32.1. The van der Waals surface area contributed by atoms with Crippen molar-refractivity contribution in [3.8, 4) is 28.0 Å². The molecule has 0 bridgehead atoms. The van der Waals surface area contributed by atoms with Gasteiger partial charge in [0.05, 0.1) is 22.6 Å². The Hall–Kier alpha value is -2.73. The van der Waals surface area contributed by atoms with Crippen LogP contribution in [0.3, 0.4) is 0 Å². The third kappa shape index (κ3) is 2.55. The Morgan fingerprint density at radius 3 is 2.88 bits per heavy atom. The second-order valence-corrected chi connectivity index (χ2v) is 6.27. The van der Waals surface area contributed by atoms with Crippen LogP contribution in [-0.2, 0) is 0 Å². The molecular formula is C18H15N3O2S. The smallest absolute Gasteiger partial charge is 0.268 e. The highest BCUT2D eigenvalue weighted by molar-refractivity contribution is 7.13. The highest BCUT2D eigenvalue weighted by Gasteiger charge is 2.18. The van der Waals surface area contributed by atoms with Gasteiger partial charge in [0, 0.05) is 5.39 Å². The van der Waals surface area contributed by atoms with Crippen molar-refractivity contribution in [2.75, 3.05) is 6.61 Å². The third-order valence-corrected chi connectivity index (χ3v) is 4.55. The first-order valence-electron chi connectivity index (χ1n) is 7.67. The second kappa shape index (κ2) is 6.05. The lowest BCUT2D eigenvalue weighted by Gasteiger charge is -2.09. The van der Waals surface area contributed by atoms with Crippen LogP contribution in [0.15, 0.2) is 46.3 Å². The molecule has 4 aromatic rings. The molecule has 0 aliphatic heterocycles. The van der Waals surface area contributed by atoms with Crippen LogP contribution < -0.4 is 4.74 Å². The first-order chi connectivity index (χ1) is 11.8. The first kappa shape index (κ1) is 14.8. The number of pyridine rings is 1. The molecule has 0 radical (unpaired) electrons. The number of para-hydroxylation sites is 1. The Morgan fingerprint density at radius 2 is 2.08 bits per heavy atom. The average Bonchev–Trinajstić information content (AvgIpc) is 3.27. The Morgan fingerprint density at radius 1 is 1.17 bits per heavy atom. The predicted molar refractivity (Wildman–Crippen MR) is 94.3 cm³/mol. The minimum atomic E-state index is 0.484. The molecule has 24 heavy (non-hydrogen) atoms. The van der Waals surface area contributed by atoms with Gasteiger partial charge in [0.1, 0.15) is 0 Å². The van der Waals surface area contributed by atoms with Gasteiger partial charge in [-0.2, -0.15) is 4.98 Å². The molecule has 120 valence electrons. The third-order valence-electron chi connectivity index (χ3n) is 3.69. The number of hydrogen-bond donors (Lipinski definition) is 0. The Bertz CT molecular complexity index is 993. The fraction of sp³-hybridized carbons (Fsp3) is 0.167. The number of thiophene rings is 1. The Kier molecular flexibility index (Phi) is 3.74. The van der Waals surface area contributed by atoms with Gasteiger partial charge >= 0.3 is 0 Å². The number of fused-ring (bicyclic) bond motifs is 1. The van der Waals surface area contributed by atoms with Gasteiger partial charge in [0.2, 0.25) is 11.7 Å². The van der Waals surface area contributed by atoms with Crippen molar-refractivity contribution in [2.45, 2.75) is 13.8 Å². The molecule has 0 N–H and O–H groups in total. The van der Waals surface area contributed by atoms with Gasteiger partial charge in [-0.15, -0.1) is 11.3 Å². The molecule has 4 rings (SSSR count). The molecule has 6 heteroatoms. The van der Waals surface area contributed by atoms with E-state index in [1.165, 1.54) is 0 Å². The normalized spacial score (nSPS) is 11.1. The lowest BCUT2D eigenvalue weighted by Crippen LogP contribution is -1.99. The van der Waals surface area contributed by atoms with Gasteiger partial charge in [-0.3, -0.25) is 0 Å². The SMILES string of the molecule is CCOc1nc2c(C)cccc2cc1-c1noc(-c2cccs2)n1. The molecule has 0 saturated carbocycles. The molecular weight excluding hydrogens is 322 g/mol. The van der Waals surface area contributed by atoms with E-state index in [1.807, 2.05) is 55.6 Å². The number of benzene rings is 1. The molecule has 0 aliphatic carbocycles. The zero-order valence-electron chi connectivity index (χ0n) is 13.3. The van der Waals surface area contributed by atoms with E-state index in [0.717, 1.165) is 26.9 Å². The first-order valence-corrected chi connectivity index (χ1v) is 8.55. The van der Waals surface area contributed by atoms with Gasteiger partial charge < -0.3 is 9.26 Å². The van der Waals surface area contributed by atoms with E-state index in [4.69, 9.17) is 9.26 Å². The lowest BCUT2D eigenvalue weighted by atomic mass is 10.1. The van der Waals surface area contributed by atoms with Crippen molar-refractivity contribution in [2.24, 2.45) is 0 Å². The van der Waals surface area contributed by atoms with Crippen molar-refractivity contribution in [1.29, 1.82) is 0 Å². The van der Waals surface area contributed by atoms with Gasteiger partial charge in [-0.1, -0.05) is 29.4 Å². The van der Waals surface area contributed by atoms with Crippen molar-refractivity contribution in [3.63, 3.8) is 0 Å². The predicted octanol–water partition coefficient (Wildman–Crippen LogP) is 4.72. The van der Waals surface area contributed by atoms with E-state index < -0.39 is 0 Å². The van der Waals surface area contributed by atoms with Gasteiger partial charge in [0.15, 0.2) is 0 Å². The Labute approximate surface area is 142 Å². The molecule has 0 unspecified atom stereocenters. The Balaban J connectivity index is 1.87. The van der Waals surface area contributed by atoms with Crippen LogP contribution in [0.1, 0.15) is 12.5 Å². The zero-order valence-corrected chi connectivity index (χ0v) is 14.1. The van der Waals surface area contributed by atoms with E-state index >= 15 is 0 Å². The quantitative estimate of drug-likeness (QED) is 0.539. The topological polar surface area (TPSA) is 61.0 Å². The van der Waals surface area contributed by atoms with Crippen LogP contribution in [0.2, 0.25) is 0 Å². The average molecular weight is 337 g/mol. The van der Waals surface area contributed by atoms with Crippen molar-refractivity contribution < 1.29 is 9.26 Å². The summed E-state index contributed by atoms with van der Waals surface area (Å²) in [5, 5.41) is 7.12. The molecule has 3 aromatic heterocycles. The summed E-state index contributed by atoms with van der Waals surface area (Å²) < 4.78 is 11.1. The number of aromatic nitrogens is 3. The zero-order chi connectivity index (χ0) is 16.5. The van der Waals surface area contributed by atoms with Crippen molar-refractivity contribution >= 4 is 22.2 Å². The van der Waals surface area contributed by atoms with Gasteiger partial charge in [-0.05, 0) is 36.9 Å². The summed E-state index contributed by atoms with van der Waals surface area (Å²) in [4.78, 5) is 10.1. The van der Waals surface area contributed by atoms with E-state index in [-0.39, 0.29) is 0 Å². The van der Waals surface area contributed by atoms with Gasteiger partial charge in [-0.25, -0.2) is 4.98 Å². The molecule has 0 spiro atoms. The van der Waals surface area contributed by atoms with E-state index in [1.54, 1.807) is 11.3 Å². The molecule has 0 atom stereocenters. The van der Waals surface area contributed by atoms with Crippen LogP contribution in [0.4, 0.5) is 0 Å². The standard InChI is InChI=1S/C18H15N3O2S/c1-3-22-17-13(10-12-7-4-6-11(2)15(12)19-17)16-20-18(23-21-16)14-8-5-9-24-14/h4-10H,3H2,1-2H3. The maximum atomic E-state index is 5.72. The maximum absolute atomic E-state index is 5.72. The van der Waals surface area contributed by atoms with E-state index in [2.05, 4.69) is 15.1 Å². The van der Waals surface area contributed by atoms with Crippen LogP contribution >= 0.6 is 11.3 Å². The second-order valence-electron chi connectivity index (χ2n) is 5.32. The van der Waals surface area contributed by atoms with Gasteiger partial charge in [0.25, 0.3) is 5.89 Å². The summed E-state index contributed by atoms with van der Waals surface area (Å²) in [7, 11) is 0. The molecule has 0 fully saturated rings. The molecule has 0 amide bonds. The minimum Gasteiger partial charge on any atom is -0.477 e. The largest absolute Gasteiger partial charge is 0.477 e. The fourth-order valence-corrected chi connectivity index (χ4v) is 3.21. The highest BCUT2D eigenvalue weighted by Crippen LogP contribution is 2.33. The molecule has 1 aromatic carbocycles. The number of ether oxygens (including phenoxy) is 1. The molecule has 0 saturated heterocycles. The van der Waals surface area contributed by atoms with Crippen molar-refractivity contribution in [1.82, 2.24) is 15.1 Å². The summed E-state index contributed by atoms with van der Waals surface area (Å²) >= 11 is 1.56. The summed E-state index contributed by atoms with van der Waals surface area (Å²) in [6, 6.07) is 12.0. The lowest BCUT2D eigenvalue weighted by molar-refractivity contribution is 0.329. The summed E-state index contributed by atoms with van der Waals surface area (Å²) in [5.41, 5.74) is 2.76. The van der Waals surface area contributed by atoms with Crippen LogP contribution in [-0.4, -0.2) is 21.7 Å². The molecule has 0 aliphatic rings. The fourth-order valence-electron chi connectivity index (χ4n) is 2.57. The number of aryl methyl sites for hydroxylation is 1. The summed E-state index contributed by atoms with van der Waals surface area (Å²) in [6.07, 6.45) is 0. The number of hydrogen-bond acceptors (Lipinski definition) is 6. The van der Waals surface area contributed by atoms with Crippen LogP contribution in [0.5, 0.6) is 5.88 Å². The monoisotopic (exact) mass is 337 g/mol. The van der Waals surface area contributed by atoms with Crippen LogP contribution in [0.25, 0.3) is 33.1 Å². The minimum absolute atomic E-state index is 0.484.